The number of nitrogens with one attached hydrogen (secondary N) is 1. The molecule has 6 nitrogen and oxygen atoms in total. The lowest BCUT2D eigenvalue weighted by atomic mass is 10.00. The summed E-state index contributed by atoms with van der Waals surface area (Å²) in [4.78, 5) is 20.2. The standard InChI is InChI=1S/C26H22F3N3O3/c1-14(18-5-4-6-19(11-18)26(27,28)29)30-24-21-12-20(16-7-9-17(10-8-16)25(33)34)23(35-3)13-22(21)31-15(2)32-24/h4-14H,1-3H3,(H,33,34)(H,30,31,32)/t14-/m1/s1. The number of aromatic nitrogens is 2. The molecule has 0 aliphatic carbocycles. The minimum Gasteiger partial charge on any atom is -0.496 e. The van der Waals surface area contributed by atoms with E-state index in [9.17, 15) is 23.1 Å². The summed E-state index contributed by atoms with van der Waals surface area (Å²) in [5.74, 6) is 0.455. The summed E-state index contributed by atoms with van der Waals surface area (Å²) >= 11 is 0. The van der Waals surface area contributed by atoms with Gasteiger partial charge < -0.3 is 15.2 Å². The quantitative estimate of drug-likeness (QED) is 0.327. The van der Waals surface area contributed by atoms with Crippen molar-refractivity contribution in [2.24, 2.45) is 0 Å². The number of alkyl halides is 3. The first kappa shape index (κ1) is 24.0. The van der Waals surface area contributed by atoms with Crippen molar-refractivity contribution in [3.8, 4) is 16.9 Å². The van der Waals surface area contributed by atoms with Crippen molar-refractivity contribution in [1.82, 2.24) is 9.97 Å². The molecule has 4 rings (SSSR count). The number of carboxylic acids is 1. The van der Waals surface area contributed by atoms with Gasteiger partial charge in [0.15, 0.2) is 0 Å². The van der Waals surface area contributed by atoms with Crippen molar-refractivity contribution in [2.75, 3.05) is 12.4 Å². The minimum absolute atomic E-state index is 0.157. The molecule has 0 aliphatic rings. The Morgan fingerprint density at radius 2 is 1.77 bits per heavy atom. The van der Waals surface area contributed by atoms with Crippen molar-refractivity contribution >= 4 is 22.7 Å². The lowest BCUT2D eigenvalue weighted by Gasteiger charge is -2.19. The Labute approximate surface area is 199 Å². The molecule has 0 radical (unpaired) electrons. The number of carbonyl (C=O) groups is 1. The van der Waals surface area contributed by atoms with Crippen LogP contribution < -0.4 is 10.1 Å². The molecule has 0 saturated heterocycles. The van der Waals surface area contributed by atoms with E-state index in [1.54, 1.807) is 38.1 Å². The normalized spacial score (nSPS) is 12.4. The fourth-order valence-corrected chi connectivity index (χ4v) is 3.84. The number of carboxylic acid groups (broad SMARTS) is 1. The predicted molar refractivity (Wildman–Crippen MR) is 127 cm³/mol. The van der Waals surface area contributed by atoms with Crippen LogP contribution in [0.4, 0.5) is 19.0 Å². The van der Waals surface area contributed by atoms with Gasteiger partial charge in [0.25, 0.3) is 0 Å². The fourth-order valence-electron chi connectivity index (χ4n) is 3.84. The molecule has 0 bridgehead atoms. The van der Waals surface area contributed by atoms with Crippen LogP contribution in [0.2, 0.25) is 0 Å². The Kier molecular flexibility index (Phi) is 6.34. The zero-order chi connectivity index (χ0) is 25.3. The highest BCUT2D eigenvalue weighted by Gasteiger charge is 2.30. The number of rotatable bonds is 6. The Hall–Kier alpha value is -4.14. The van der Waals surface area contributed by atoms with E-state index in [2.05, 4.69) is 15.3 Å². The predicted octanol–water partition coefficient (Wildman–Crippen LogP) is 6.50. The summed E-state index contributed by atoms with van der Waals surface area (Å²) in [5.41, 5.74) is 1.92. The van der Waals surface area contributed by atoms with Crippen molar-refractivity contribution in [3.63, 3.8) is 0 Å². The Morgan fingerprint density at radius 1 is 1.06 bits per heavy atom. The average molecular weight is 481 g/mol. The monoisotopic (exact) mass is 481 g/mol. The van der Waals surface area contributed by atoms with Crippen molar-refractivity contribution in [3.05, 3.63) is 83.2 Å². The molecule has 4 aromatic rings. The molecule has 2 N–H and O–H groups in total. The van der Waals surface area contributed by atoms with Crippen LogP contribution in [0.3, 0.4) is 0 Å². The lowest BCUT2D eigenvalue weighted by molar-refractivity contribution is -0.137. The molecule has 0 saturated carbocycles. The second-order valence-corrected chi connectivity index (χ2v) is 8.06. The molecule has 1 heterocycles. The number of aromatic carboxylic acids is 1. The van der Waals surface area contributed by atoms with Gasteiger partial charge in [-0.1, -0.05) is 24.3 Å². The molecule has 0 spiro atoms. The van der Waals surface area contributed by atoms with Crippen LogP contribution in [0, 0.1) is 6.92 Å². The maximum Gasteiger partial charge on any atom is 0.416 e. The van der Waals surface area contributed by atoms with Gasteiger partial charge in [-0.15, -0.1) is 0 Å². The van der Waals surface area contributed by atoms with Gasteiger partial charge in [0.1, 0.15) is 17.4 Å². The Morgan fingerprint density at radius 3 is 2.40 bits per heavy atom. The third-order valence-electron chi connectivity index (χ3n) is 5.64. The van der Waals surface area contributed by atoms with Gasteiger partial charge in [-0.2, -0.15) is 13.2 Å². The van der Waals surface area contributed by atoms with E-state index in [0.29, 0.717) is 39.4 Å². The topological polar surface area (TPSA) is 84.3 Å². The SMILES string of the molecule is COc1cc2nc(C)nc(N[C@H](C)c3cccc(C(F)(F)F)c3)c2cc1-c1ccc(C(=O)O)cc1. The van der Waals surface area contributed by atoms with Gasteiger partial charge >= 0.3 is 12.1 Å². The van der Waals surface area contributed by atoms with Gasteiger partial charge in [-0.25, -0.2) is 14.8 Å². The van der Waals surface area contributed by atoms with E-state index in [-0.39, 0.29) is 5.56 Å². The smallest absolute Gasteiger partial charge is 0.416 e. The number of anilines is 1. The molecule has 0 amide bonds. The van der Waals surface area contributed by atoms with E-state index >= 15 is 0 Å². The lowest BCUT2D eigenvalue weighted by Crippen LogP contribution is -2.12. The maximum absolute atomic E-state index is 13.2. The minimum atomic E-state index is -4.43. The van der Waals surface area contributed by atoms with Gasteiger partial charge in [-0.05, 0) is 55.3 Å². The second-order valence-electron chi connectivity index (χ2n) is 8.06. The van der Waals surface area contributed by atoms with Crippen LogP contribution >= 0.6 is 0 Å². The number of hydrogen-bond acceptors (Lipinski definition) is 5. The summed E-state index contributed by atoms with van der Waals surface area (Å²) in [7, 11) is 1.53. The molecule has 0 aliphatic heterocycles. The van der Waals surface area contributed by atoms with Crippen LogP contribution in [0.25, 0.3) is 22.0 Å². The van der Waals surface area contributed by atoms with E-state index < -0.39 is 23.8 Å². The van der Waals surface area contributed by atoms with E-state index in [4.69, 9.17) is 4.74 Å². The zero-order valence-electron chi connectivity index (χ0n) is 19.1. The molecule has 0 unspecified atom stereocenters. The maximum atomic E-state index is 13.2. The molecular weight excluding hydrogens is 459 g/mol. The number of aryl methyl sites for hydroxylation is 1. The number of benzene rings is 3. The van der Waals surface area contributed by atoms with Crippen molar-refractivity contribution < 1.29 is 27.8 Å². The van der Waals surface area contributed by atoms with Gasteiger partial charge in [-0.3, -0.25) is 0 Å². The van der Waals surface area contributed by atoms with Gasteiger partial charge in [0.2, 0.25) is 0 Å². The molecule has 180 valence electrons. The largest absolute Gasteiger partial charge is 0.496 e. The van der Waals surface area contributed by atoms with Crippen LogP contribution in [-0.2, 0) is 6.18 Å². The average Bonchev–Trinajstić information content (AvgIpc) is 2.82. The van der Waals surface area contributed by atoms with Crippen LogP contribution in [0.15, 0.2) is 60.7 Å². The van der Waals surface area contributed by atoms with E-state index in [1.807, 2.05) is 6.07 Å². The molecular formula is C26H22F3N3O3. The third kappa shape index (κ3) is 5.03. The second kappa shape index (κ2) is 9.25. The fraction of sp³-hybridized carbons (Fsp3) is 0.192. The van der Waals surface area contributed by atoms with Crippen LogP contribution in [-0.4, -0.2) is 28.2 Å². The molecule has 9 heteroatoms. The summed E-state index contributed by atoms with van der Waals surface area (Å²) in [6.45, 7) is 3.48. The summed E-state index contributed by atoms with van der Waals surface area (Å²) < 4.78 is 45.1. The number of nitrogens with zero attached hydrogens (tertiary/aromatic N) is 2. The first-order chi connectivity index (χ1) is 16.6. The number of halogens is 3. The summed E-state index contributed by atoms with van der Waals surface area (Å²) in [6.07, 6.45) is -4.43. The molecule has 1 atom stereocenters. The first-order valence-electron chi connectivity index (χ1n) is 10.7. The number of methoxy groups -OCH3 is 1. The van der Waals surface area contributed by atoms with Gasteiger partial charge in [0, 0.05) is 23.1 Å². The zero-order valence-corrected chi connectivity index (χ0v) is 19.1. The number of fused-ring (bicyclic) bond motifs is 1. The first-order valence-corrected chi connectivity index (χ1v) is 10.7. The van der Waals surface area contributed by atoms with Crippen LogP contribution in [0.5, 0.6) is 5.75 Å². The van der Waals surface area contributed by atoms with E-state index in [0.717, 1.165) is 17.7 Å². The highest BCUT2D eigenvalue weighted by Crippen LogP contribution is 2.37. The highest BCUT2D eigenvalue weighted by molar-refractivity contribution is 5.96. The van der Waals surface area contributed by atoms with Crippen molar-refractivity contribution in [1.29, 1.82) is 0 Å². The molecule has 0 fully saturated rings. The molecule has 3 aromatic carbocycles. The highest BCUT2D eigenvalue weighted by atomic mass is 19.4. The van der Waals surface area contributed by atoms with E-state index in [1.165, 1.54) is 25.3 Å². The molecule has 1 aromatic heterocycles. The number of ether oxygens (including phenoxy) is 1. The van der Waals surface area contributed by atoms with Crippen LogP contribution in [0.1, 0.15) is 40.3 Å². The Bertz CT molecular complexity index is 1400. The van der Waals surface area contributed by atoms with Crippen molar-refractivity contribution in [2.45, 2.75) is 26.1 Å². The summed E-state index contributed by atoms with van der Waals surface area (Å²) in [5, 5.41) is 13.0. The third-order valence-corrected chi connectivity index (χ3v) is 5.64. The molecule has 35 heavy (non-hydrogen) atoms. The van der Waals surface area contributed by atoms with Gasteiger partial charge in [0.05, 0.1) is 23.8 Å². The summed E-state index contributed by atoms with van der Waals surface area (Å²) in [6, 6.07) is 14.6. The number of hydrogen-bond donors (Lipinski definition) is 2. The Balaban J connectivity index is 1.78.